The Kier molecular flexibility index (Phi) is 3.85. The monoisotopic (exact) mass is 189 g/mol. The Morgan fingerprint density at radius 2 is 2.00 bits per heavy atom. The van der Waals surface area contributed by atoms with E-state index in [-0.39, 0.29) is 0 Å². The van der Waals surface area contributed by atoms with E-state index in [1.165, 1.54) is 11.1 Å². The second kappa shape index (κ2) is 5.17. The Morgan fingerprint density at radius 1 is 1.21 bits per heavy atom. The standard InChI is InChI=1S/C11H15N3/c1-9-5-4-6-11(10(9)2)14-13-8-7-12-3/h4-8,14H,1-3H3/b12-7-,13-8-. The van der Waals surface area contributed by atoms with Gasteiger partial charge in [0.05, 0.1) is 11.9 Å². The van der Waals surface area contributed by atoms with Crippen LogP contribution in [0.2, 0.25) is 0 Å². The summed E-state index contributed by atoms with van der Waals surface area (Å²) in [6.07, 6.45) is 3.26. The highest BCUT2D eigenvalue weighted by Crippen LogP contribution is 2.17. The number of hydrogen-bond donors (Lipinski definition) is 1. The molecule has 1 aromatic rings. The molecule has 0 bridgehead atoms. The summed E-state index contributed by atoms with van der Waals surface area (Å²) in [4.78, 5) is 3.79. The quantitative estimate of drug-likeness (QED) is 0.575. The minimum Gasteiger partial charge on any atom is -0.295 e. The molecule has 0 heterocycles. The lowest BCUT2D eigenvalue weighted by Gasteiger charge is -2.06. The molecule has 0 atom stereocenters. The summed E-state index contributed by atoms with van der Waals surface area (Å²) in [5.41, 5.74) is 6.48. The third-order valence-corrected chi connectivity index (χ3v) is 2.08. The minimum absolute atomic E-state index is 1.03. The van der Waals surface area contributed by atoms with Gasteiger partial charge in [-0.1, -0.05) is 12.1 Å². The highest BCUT2D eigenvalue weighted by molar-refractivity contribution is 6.16. The van der Waals surface area contributed by atoms with Gasteiger partial charge in [-0.25, -0.2) is 0 Å². The molecule has 1 N–H and O–H groups in total. The molecule has 0 amide bonds. The first-order chi connectivity index (χ1) is 6.75. The molecule has 0 spiro atoms. The van der Waals surface area contributed by atoms with Gasteiger partial charge < -0.3 is 0 Å². The van der Waals surface area contributed by atoms with Crippen molar-refractivity contribution >= 4 is 18.1 Å². The van der Waals surface area contributed by atoms with Crippen LogP contribution in [0, 0.1) is 13.8 Å². The summed E-state index contributed by atoms with van der Waals surface area (Å²) in [6, 6.07) is 6.09. The molecule has 0 aliphatic carbocycles. The lowest BCUT2D eigenvalue weighted by molar-refractivity contribution is 1.27. The van der Waals surface area contributed by atoms with Crippen LogP contribution in [-0.2, 0) is 0 Å². The van der Waals surface area contributed by atoms with E-state index < -0.39 is 0 Å². The van der Waals surface area contributed by atoms with Gasteiger partial charge in [0.2, 0.25) is 0 Å². The van der Waals surface area contributed by atoms with Crippen molar-refractivity contribution in [2.75, 3.05) is 12.5 Å². The van der Waals surface area contributed by atoms with E-state index in [1.54, 1.807) is 19.5 Å². The normalized spacial score (nSPS) is 11.4. The van der Waals surface area contributed by atoms with Gasteiger partial charge in [-0.05, 0) is 31.0 Å². The van der Waals surface area contributed by atoms with Crippen LogP contribution in [0.25, 0.3) is 0 Å². The molecular weight excluding hydrogens is 174 g/mol. The Morgan fingerprint density at radius 3 is 2.71 bits per heavy atom. The number of aryl methyl sites for hydroxylation is 1. The topological polar surface area (TPSA) is 36.8 Å². The summed E-state index contributed by atoms with van der Waals surface area (Å²) in [5, 5.41) is 4.01. The lowest BCUT2D eigenvalue weighted by Crippen LogP contribution is -1.94. The Labute approximate surface area is 84.6 Å². The highest BCUT2D eigenvalue weighted by Gasteiger charge is 1.97. The summed E-state index contributed by atoms with van der Waals surface area (Å²) in [7, 11) is 1.71. The zero-order valence-corrected chi connectivity index (χ0v) is 8.78. The number of nitrogens with one attached hydrogen (secondary N) is 1. The molecule has 3 heteroatoms. The number of anilines is 1. The number of rotatable bonds is 3. The van der Waals surface area contributed by atoms with Crippen molar-refractivity contribution in [3.8, 4) is 0 Å². The molecule has 0 aliphatic heterocycles. The number of hydrogen-bond acceptors (Lipinski definition) is 3. The zero-order chi connectivity index (χ0) is 10.4. The lowest BCUT2D eigenvalue weighted by atomic mass is 10.1. The maximum absolute atomic E-state index is 4.01. The van der Waals surface area contributed by atoms with Crippen molar-refractivity contribution in [1.29, 1.82) is 0 Å². The number of benzene rings is 1. The molecule has 0 radical (unpaired) electrons. The van der Waals surface area contributed by atoms with Crippen LogP contribution < -0.4 is 5.43 Å². The predicted octanol–water partition coefficient (Wildman–Crippen LogP) is 2.40. The van der Waals surface area contributed by atoms with Gasteiger partial charge >= 0.3 is 0 Å². The third-order valence-electron chi connectivity index (χ3n) is 2.08. The average molecular weight is 189 g/mol. The van der Waals surface area contributed by atoms with Crippen molar-refractivity contribution < 1.29 is 0 Å². The van der Waals surface area contributed by atoms with Crippen LogP contribution in [0.4, 0.5) is 5.69 Å². The molecule has 0 saturated carbocycles. The molecule has 0 aliphatic rings. The first-order valence-electron chi connectivity index (χ1n) is 4.51. The van der Waals surface area contributed by atoms with Crippen molar-refractivity contribution in [3.05, 3.63) is 29.3 Å². The van der Waals surface area contributed by atoms with Crippen molar-refractivity contribution in [2.45, 2.75) is 13.8 Å². The van der Waals surface area contributed by atoms with Crippen LogP contribution in [0.15, 0.2) is 28.3 Å². The first-order valence-corrected chi connectivity index (χ1v) is 4.51. The van der Waals surface area contributed by atoms with E-state index in [2.05, 4.69) is 35.4 Å². The molecule has 0 aromatic heterocycles. The van der Waals surface area contributed by atoms with E-state index >= 15 is 0 Å². The van der Waals surface area contributed by atoms with Crippen LogP contribution >= 0.6 is 0 Å². The van der Waals surface area contributed by atoms with E-state index in [0.29, 0.717) is 0 Å². The maximum Gasteiger partial charge on any atom is 0.0650 e. The highest BCUT2D eigenvalue weighted by atomic mass is 15.3. The van der Waals surface area contributed by atoms with Gasteiger partial charge in [-0.15, -0.1) is 0 Å². The Balaban J connectivity index is 2.72. The van der Waals surface area contributed by atoms with E-state index in [4.69, 9.17) is 0 Å². The molecule has 0 unspecified atom stereocenters. The minimum atomic E-state index is 1.03. The molecule has 1 rings (SSSR count). The third kappa shape index (κ3) is 2.69. The van der Waals surface area contributed by atoms with Crippen LogP contribution in [0.3, 0.4) is 0 Å². The van der Waals surface area contributed by atoms with E-state index in [0.717, 1.165) is 5.69 Å². The summed E-state index contributed by atoms with van der Waals surface area (Å²) in [6.45, 7) is 4.15. The summed E-state index contributed by atoms with van der Waals surface area (Å²) in [5.74, 6) is 0. The van der Waals surface area contributed by atoms with Crippen LogP contribution in [0.1, 0.15) is 11.1 Å². The number of nitrogens with zero attached hydrogens (tertiary/aromatic N) is 2. The summed E-state index contributed by atoms with van der Waals surface area (Å²) < 4.78 is 0. The fraction of sp³-hybridized carbons (Fsp3) is 0.273. The maximum atomic E-state index is 4.01. The first kappa shape index (κ1) is 10.4. The smallest absolute Gasteiger partial charge is 0.0650 e. The van der Waals surface area contributed by atoms with E-state index in [9.17, 15) is 0 Å². The second-order valence-corrected chi connectivity index (χ2v) is 3.04. The van der Waals surface area contributed by atoms with Crippen molar-refractivity contribution in [1.82, 2.24) is 0 Å². The summed E-state index contributed by atoms with van der Waals surface area (Å²) >= 11 is 0. The van der Waals surface area contributed by atoms with Gasteiger partial charge in [-0.2, -0.15) is 5.10 Å². The van der Waals surface area contributed by atoms with Crippen molar-refractivity contribution in [2.24, 2.45) is 10.1 Å². The molecule has 0 fully saturated rings. The van der Waals surface area contributed by atoms with Gasteiger partial charge in [0, 0.05) is 13.3 Å². The van der Waals surface area contributed by atoms with Crippen LogP contribution in [-0.4, -0.2) is 19.5 Å². The molecule has 1 aromatic carbocycles. The van der Waals surface area contributed by atoms with Gasteiger partial charge in [0.1, 0.15) is 0 Å². The molecular formula is C11H15N3. The van der Waals surface area contributed by atoms with Gasteiger partial charge in [-0.3, -0.25) is 10.4 Å². The van der Waals surface area contributed by atoms with E-state index in [1.807, 2.05) is 12.1 Å². The fourth-order valence-electron chi connectivity index (χ4n) is 1.08. The predicted molar refractivity (Wildman–Crippen MR) is 62.4 cm³/mol. The van der Waals surface area contributed by atoms with Crippen LogP contribution in [0.5, 0.6) is 0 Å². The largest absolute Gasteiger partial charge is 0.295 e. The SMILES string of the molecule is C/N=C\C=N/Nc1cccc(C)c1C. The Bertz CT molecular complexity index is 354. The molecule has 0 saturated heterocycles. The number of aliphatic imine (C=N–C) groups is 1. The number of hydrazone groups is 1. The molecule has 3 nitrogen and oxygen atoms in total. The van der Waals surface area contributed by atoms with Crippen molar-refractivity contribution in [3.63, 3.8) is 0 Å². The molecule has 14 heavy (non-hydrogen) atoms. The molecule has 74 valence electrons. The van der Waals surface area contributed by atoms with Gasteiger partial charge in [0.15, 0.2) is 0 Å². The Hall–Kier alpha value is -1.64. The zero-order valence-electron chi connectivity index (χ0n) is 8.78. The average Bonchev–Trinajstić information content (AvgIpc) is 2.19. The second-order valence-electron chi connectivity index (χ2n) is 3.04. The fourth-order valence-corrected chi connectivity index (χ4v) is 1.08. The van der Waals surface area contributed by atoms with Gasteiger partial charge in [0.25, 0.3) is 0 Å².